The van der Waals surface area contributed by atoms with Gasteiger partial charge in [-0.1, -0.05) is 0 Å². The number of aliphatic hydroxyl groups excluding tert-OH is 1. The maximum absolute atomic E-state index is 13.6. The summed E-state index contributed by atoms with van der Waals surface area (Å²) in [4.78, 5) is 14.5. The van der Waals surface area contributed by atoms with Crippen LogP contribution >= 0.6 is 0 Å². The highest BCUT2D eigenvalue weighted by Crippen LogP contribution is 2.45. The minimum Gasteiger partial charge on any atom is -0.392 e. The predicted octanol–water partition coefficient (Wildman–Crippen LogP) is 2.47. The molecule has 1 amide bonds. The van der Waals surface area contributed by atoms with E-state index in [1.54, 1.807) is 0 Å². The first kappa shape index (κ1) is 24.4. The molecular weight excluding hydrogens is 461 g/mol. The van der Waals surface area contributed by atoms with E-state index in [0.29, 0.717) is 32.5 Å². The Morgan fingerprint density at radius 2 is 1.94 bits per heavy atom. The van der Waals surface area contributed by atoms with Crippen LogP contribution in [0.25, 0.3) is 0 Å². The molecule has 33 heavy (non-hydrogen) atoms. The first-order valence-corrected chi connectivity index (χ1v) is 12.8. The second kappa shape index (κ2) is 8.83. The molecule has 1 aromatic rings. The molecule has 1 aromatic carbocycles. The van der Waals surface area contributed by atoms with Crippen molar-refractivity contribution in [1.29, 1.82) is 0 Å². The summed E-state index contributed by atoms with van der Waals surface area (Å²) in [5.41, 5.74) is -2.20. The van der Waals surface area contributed by atoms with Crippen LogP contribution < -0.4 is 5.32 Å². The van der Waals surface area contributed by atoms with Gasteiger partial charge in [0.2, 0.25) is 5.91 Å². The number of sulfone groups is 1. The molecule has 2 heterocycles. The van der Waals surface area contributed by atoms with Crippen LogP contribution in [0.15, 0.2) is 23.1 Å². The fourth-order valence-electron chi connectivity index (χ4n) is 5.32. The van der Waals surface area contributed by atoms with Crippen LogP contribution in [0.2, 0.25) is 0 Å². The van der Waals surface area contributed by atoms with Gasteiger partial charge in [-0.15, -0.1) is 0 Å². The minimum atomic E-state index is -4.62. The summed E-state index contributed by atoms with van der Waals surface area (Å²) in [7, 11) is -3.99. The van der Waals surface area contributed by atoms with Gasteiger partial charge in [0.15, 0.2) is 9.84 Å². The topological polar surface area (TPSA) is 95.9 Å². The van der Waals surface area contributed by atoms with Crippen molar-refractivity contribution in [1.82, 2.24) is 10.2 Å². The van der Waals surface area contributed by atoms with Crippen LogP contribution in [0, 0.1) is 5.41 Å². The van der Waals surface area contributed by atoms with Crippen molar-refractivity contribution < 1.29 is 36.2 Å². The average Bonchev–Trinajstić information content (AvgIpc) is 3.17. The van der Waals surface area contributed by atoms with E-state index in [0.717, 1.165) is 35.9 Å². The fraction of sp³-hybridized carbons (Fsp3) is 0.682. The zero-order valence-corrected chi connectivity index (χ0v) is 19.2. The van der Waals surface area contributed by atoms with E-state index in [1.807, 2.05) is 0 Å². The van der Waals surface area contributed by atoms with Crippen LogP contribution in [0.5, 0.6) is 0 Å². The first-order chi connectivity index (χ1) is 15.4. The highest BCUT2D eigenvalue weighted by atomic mass is 32.2. The summed E-state index contributed by atoms with van der Waals surface area (Å²) in [5, 5.41) is 14.1. The average molecular weight is 491 g/mol. The fourth-order valence-corrected chi connectivity index (χ4v) is 6.88. The molecule has 0 aromatic heterocycles. The van der Waals surface area contributed by atoms with E-state index in [1.165, 1.54) is 6.92 Å². The lowest BCUT2D eigenvalue weighted by Gasteiger charge is -2.39. The van der Waals surface area contributed by atoms with Gasteiger partial charge in [-0.2, -0.15) is 13.2 Å². The number of alkyl halides is 3. The van der Waals surface area contributed by atoms with Crippen LogP contribution in [0.3, 0.4) is 0 Å². The quantitative estimate of drug-likeness (QED) is 0.673. The minimum absolute atomic E-state index is 0.0165. The van der Waals surface area contributed by atoms with E-state index < -0.39 is 44.9 Å². The lowest BCUT2D eigenvalue weighted by atomic mass is 9.79. The van der Waals surface area contributed by atoms with E-state index in [4.69, 9.17) is 4.74 Å². The number of nitrogens with one attached hydrogen (secondary N) is 1. The largest absolute Gasteiger partial charge is 0.416 e. The number of amides is 1. The molecular formula is C22H29F3N2O5S. The van der Waals surface area contributed by atoms with Gasteiger partial charge in [-0.25, -0.2) is 8.42 Å². The lowest BCUT2D eigenvalue weighted by molar-refractivity contribution is -0.148. The third-order valence-corrected chi connectivity index (χ3v) is 8.88. The van der Waals surface area contributed by atoms with Crippen molar-refractivity contribution in [2.75, 3.05) is 19.1 Å². The molecule has 3 aliphatic rings. The van der Waals surface area contributed by atoms with Gasteiger partial charge >= 0.3 is 6.18 Å². The first-order valence-electron chi connectivity index (χ1n) is 11.2. The maximum Gasteiger partial charge on any atom is 0.416 e. The second-order valence-corrected chi connectivity index (χ2v) is 11.3. The molecule has 1 aliphatic carbocycles. The Labute approximate surface area is 191 Å². The van der Waals surface area contributed by atoms with Crippen molar-refractivity contribution in [2.45, 2.75) is 74.8 Å². The Morgan fingerprint density at radius 1 is 1.24 bits per heavy atom. The molecule has 1 saturated carbocycles. The number of halogens is 3. The second-order valence-electron chi connectivity index (χ2n) is 9.39. The Morgan fingerprint density at radius 3 is 2.58 bits per heavy atom. The van der Waals surface area contributed by atoms with Crippen molar-refractivity contribution in [2.24, 2.45) is 5.41 Å². The normalized spacial score (nSPS) is 29.0. The third kappa shape index (κ3) is 4.78. The number of rotatable bonds is 4. The molecule has 7 nitrogen and oxygen atoms in total. The van der Waals surface area contributed by atoms with Crippen molar-refractivity contribution in [3.8, 4) is 0 Å². The number of ether oxygens (including phenoxy) is 1. The molecule has 2 N–H and O–H groups in total. The molecule has 2 aliphatic heterocycles. The van der Waals surface area contributed by atoms with Crippen LogP contribution in [-0.2, 0) is 32.1 Å². The van der Waals surface area contributed by atoms with Gasteiger partial charge in [0.1, 0.15) is 5.88 Å². The van der Waals surface area contributed by atoms with Gasteiger partial charge in [-0.3, -0.25) is 4.79 Å². The Balaban J connectivity index is 1.57. The molecule has 0 radical (unpaired) electrons. The van der Waals surface area contributed by atoms with Gasteiger partial charge in [0, 0.05) is 31.8 Å². The highest BCUT2D eigenvalue weighted by Gasteiger charge is 2.52. The number of aliphatic hydroxyl groups is 1. The number of carbonyl (C=O) groups excluding carboxylic acids is 1. The smallest absolute Gasteiger partial charge is 0.392 e. The van der Waals surface area contributed by atoms with Crippen LogP contribution in [0.1, 0.15) is 50.2 Å². The summed E-state index contributed by atoms with van der Waals surface area (Å²) < 4.78 is 70.5. The summed E-state index contributed by atoms with van der Waals surface area (Å²) >= 11 is 0. The molecule has 0 bridgehead atoms. The number of nitrogens with zero attached hydrogens (tertiary/aromatic N) is 1. The van der Waals surface area contributed by atoms with Crippen molar-refractivity contribution in [3.63, 3.8) is 0 Å². The van der Waals surface area contributed by atoms with Gasteiger partial charge in [0.05, 0.1) is 22.0 Å². The molecule has 0 unspecified atom stereocenters. The van der Waals surface area contributed by atoms with E-state index >= 15 is 0 Å². The molecule has 1 saturated heterocycles. The zero-order chi connectivity index (χ0) is 24.0. The van der Waals surface area contributed by atoms with Crippen molar-refractivity contribution >= 4 is 15.7 Å². The number of hydrogen-bond acceptors (Lipinski definition) is 6. The summed E-state index contributed by atoms with van der Waals surface area (Å²) in [5.74, 6) is -1.14. The highest BCUT2D eigenvalue weighted by molar-refractivity contribution is 7.91. The van der Waals surface area contributed by atoms with Crippen LogP contribution in [-0.4, -0.2) is 61.6 Å². The standard InChI is InChI=1S/C22H29F3N2O5S/c1-14(28)21(7-4-18(11-21)26-17-5-8-32-9-6-17)20(29)27-12-15-10-16(22(23,24)25)2-3-19(15)33(30,31)13-27/h2-3,10,14,17-18,26,28H,4-9,11-13H2,1H3/t14-,18+,21-/m0/s1. The van der Waals surface area contributed by atoms with Gasteiger partial charge in [0.25, 0.3) is 0 Å². The number of hydrogen-bond donors (Lipinski definition) is 2. The number of fused-ring (bicyclic) bond motifs is 1. The SMILES string of the molecule is C[C@H](O)[C@]1(C(=O)N2Cc3cc(C(F)(F)F)ccc3S(=O)(=O)C2)CC[C@@H](NC2CCOCC2)C1. The van der Waals surface area contributed by atoms with Crippen molar-refractivity contribution in [3.05, 3.63) is 29.3 Å². The van der Waals surface area contributed by atoms with Crippen LogP contribution in [0.4, 0.5) is 13.2 Å². The van der Waals surface area contributed by atoms with E-state index in [2.05, 4.69) is 5.32 Å². The van der Waals surface area contributed by atoms with Gasteiger partial charge < -0.3 is 20.1 Å². The summed E-state index contributed by atoms with van der Waals surface area (Å²) in [6.07, 6.45) is -2.59. The predicted molar refractivity (Wildman–Crippen MR) is 113 cm³/mol. The molecule has 0 spiro atoms. The number of benzene rings is 1. The van der Waals surface area contributed by atoms with E-state index in [9.17, 15) is 31.5 Å². The number of carbonyl (C=O) groups is 1. The third-order valence-electron chi connectivity index (χ3n) is 7.16. The molecule has 184 valence electrons. The Hall–Kier alpha value is -1.69. The Bertz CT molecular complexity index is 1010. The molecule has 3 atom stereocenters. The molecule has 4 rings (SSSR count). The zero-order valence-electron chi connectivity index (χ0n) is 18.4. The van der Waals surface area contributed by atoms with Gasteiger partial charge in [-0.05, 0) is 62.8 Å². The molecule has 2 fully saturated rings. The summed E-state index contributed by atoms with van der Waals surface area (Å²) in [6.45, 7) is 2.60. The Kier molecular flexibility index (Phi) is 6.54. The summed E-state index contributed by atoms with van der Waals surface area (Å²) in [6, 6.07) is 2.74. The monoisotopic (exact) mass is 490 g/mol. The molecule has 11 heteroatoms. The lowest BCUT2D eigenvalue weighted by Crippen LogP contribution is -2.52. The maximum atomic E-state index is 13.6. The van der Waals surface area contributed by atoms with E-state index in [-0.39, 0.29) is 29.1 Å².